The fraction of sp³-hybridized carbons (Fsp3) is 0.462. The molecule has 0 spiro atoms. The van der Waals surface area contributed by atoms with E-state index in [9.17, 15) is 0 Å². The second kappa shape index (κ2) is 5.38. The Hall–Kier alpha value is -0.910. The topological polar surface area (TPSA) is 30.3 Å². The van der Waals surface area contributed by atoms with E-state index in [-0.39, 0.29) is 0 Å². The Morgan fingerprint density at radius 1 is 1.28 bits per heavy atom. The second-order valence-corrected chi connectivity index (χ2v) is 5.37. The molecule has 0 bridgehead atoms. The third kappa shape index (κ3) is 2.43. The lowest BCUT2D eigenvalue weighted by atomic mass is 10.3. The first-order valence-electron chi connectivity index (χ1n) is 6.23. The van der Waals surface area contributed by atoms with Gasteiger partial charge in [0, 0.05) is 48.4 Å². The quantitative estimate of drug-likeness (QED) is 0.870. The SMILES string of the molecule is Brc1cn(CCN2CCOCC2)c2cnccc12. The van der Waals surface area contributed by atoms with E-state index in [1.165, 1.54) is 10.9 Å². The summed E-state index contributed by atoms with van der Waals surface area (Å²) < 4.78 is 8.77. The Morgan fingerprint density at radius 2 is 2.11 bits per heavy atom. The Kier molecular flexibility index (Phi) is 3.63. The van der Waals surface area contributed by atoms with Crippen LogP contribution in [0.2, 0.25) is 0 Å². The van der Waals surface area contributed by atoms with Crippen molar-refractivity contribution in [1.82, 2.24) is 14.5 Å². The van der Waals surface area contributed by atoms with Crippen LogP contribution in [-0.4, -0.2) is 47.3 Å². The average molecular weight is 310 g/mol. The average Bonchev–Trinajstić information content (AvgIpc) is 2.75. The molecule has 0 amide bonds. The fourth-order valence-electron chi connectivity index (χ4n) is 2.35. The van der Waals surface area contributed by atoms with Crippen LogP contribution in [0.15, 0.2) is 29.1 Å². The molecule has 4 nitrogen and oxygen atoms in total. The maximum absolute atomic E-state index is 5.36. The minimum Gasteiger partial charge on any atom is -0.379 e. The molecule has 0 unspecified atom stereocenters. The predicted octanol–water partition coefficient (Wildman–Crippen LogP) is 2.13. The molecule has 0 saturated carbocycles. The van der Waals surface area contributed by atoms with Gasteiger partial charge in [0.1, 0.15) is 0 Å². The molecule has 1 fully saturated rings. The Morgan fingerprint density at radius 3 is 2.94 bits per heavy atom. The molecule has 1 saturated heterocycles. The normalized spacial score (nSPS) is 17.4. The van der Waals surface area contributed by atoms with Crippen LogP contribution in [0.25, 0.3) is 10.9 Å². The molecular formula is C13H16BrN3O. The van der Waals surface area contributed by atoms with Gasteiger partial charge in [0.25, 0.3) is 0 Å². The molecule has 2 aromatic heterocycles. The highest BCUT2D eigenvalue weighted by Gasteiger charge is 2.11. The number of nitrogens with zero attached hydrogens (tertiary/aromatic N) is 3. The van der Waals surface area contributed by atoms with Gasteiger partial charge in [0.05, 0.1) is 24.9 Å². The highest BCUT2D eigenvalue weighted by molar-refractivity contribution is 9.10. The van der Waals surface area contributed by atoms with Crippen molar-refractivity contribution < 1.29 is 4.74 Å². The Labute approximate surface area is 115 Å². The van der Waals surface area contributed by atoms with Crippen LogP contribution in [0.1, 0.15) is 0 Å². The standard InChI is InChI=1S/C13H16BrN3O/c14-12-10-17(13-9-15-2-1-11(12)13)4-3-16-5-7-18-8-6-16/h1-2,9-10H,3-8H2. The smallest absolute Gasteiger partial charge is 0.0678 e. The summed E-state index contributed by atoms with van der Waals surface area (Å²) in [6, 6.07) is 2.05. The van der Waals surface area contributed by atoms with Gasteiger partial charge in [-0.3, -0.25) is 9.88 Å². The third-order valence-electron chi connectivity index (χ3n) is 3.40. The summed E-state index contributed by atoms with van der Waals surface area (Å²) in [6.45, 7) is 5.86. The third-order valence-corrected chi connectivity index (χ3v) is 4.03. The molecule has 0 N–H and O–H groups in total. The van der Waals surface area contributed by atoms with Crippen molar-refractivity contribution in [3.8, 4) is 0 Å². The first-order valence-corrected chi connectivity index (χ1v) is 7.02. The minimum atomic E-state index is 0.859. The van der Waals surface area contributed by atoms with Crippen LogP contribution in [0, 0.1) is 0 Å². The molecule has 0 atom stereocenters. The number of fused-ring (bicyclic) bond motifs is 1. The van der Waals surface area contributed by atoms with Crippen LogP contribution < -0.4 is 0 Å². The van der Waals surface area contributed by atoms with Crippen LogP contribution in [-0.2, 0) is 11.3 Å². The number of morpholine rings is 1. The van der Waals surface area contributed by atoms with Gasteiger partial charge in [-0.25, -0.2) is 0 Å². The molecule has 18 heavy (non-hydrogen) atoms. The van der Waals surface area contributed by atoms with Gasteiger partial charge in [0.2, 0.25) is 0 Å². The molecular weight excluding hydrogens is 294 g/mol. The highest BCUT2D eigenvalue weighted by Crippen LogP contribution is 2.25. The van der Waals surface area contributed by atoms with Crippen molar-refractivity contribution in [3.63, 3.8) is 0 Å². The lowest BCUT2D eigenvalue weighted by Gasteiger charge is -2.26. The first kappa shape index (κ1) is 12.1. The minimum absolute atomic E-state index is 0.859. The van der Waals surface area contributed by atoms with Gasteiger partial charge in [0.15, 0.2) is 0 Å². The molecule has 96 valence electrons. The van der Waals surface area contributed by atoms with Crippen LogP contribution >= 0.6 is 15.9 Å². The van der Waals surface area contributed by atoms with Gasteiger partial charge in [-0.1, -0.05) is 0 Å². The van der Waals surface area contributed by atoms with Gasteiger partial charge < -0.3 is 9.30 Å². The lowest BCUT2D eigenvalue weighted by Crippen LogP contribution is -2.38. The number of aromatic nitrogens is 2. The van der Waals surface area contributed by atoms with E-state index in [1.807, 2.05) is 18.5 Å². The van der Waals surface area contributed by atoms with Crippen molar-refractivity contribution in [1.29, 1.82) is 0 Å². The molecule has 5 heteroatoms. The summed E-state index contributed by atoms with van der Waals surface area (Å²) in [6.07, 6.45) is 5.91. The lowest BCUT2D eigenvalue weighted by molar-refractivity contribution is 0.0365. The maximum Gasteiger partial charge on any atom is 0.0678 e. The molecule has 1 aliphatic heterocycles. The molecule has 0 aromatic carbocycles. The number of hydrogen-bond acceptors (Lipinski definition) is 3. The molecule has 2 aromatic rings. The zero-order chi connectivity index (χ0) is 12.4. The van der Waals surface area contributed by atoms with Gasteiger partial charge in [-0.15, -0.1) is 0 Å². The number of ether oxygens (including phenoxy) is 1. The second-order valence-electron chi connectivity index (χ2n) is 4.52. The van der Waals surface area contributed by atoms with Crippen LogP contribution in [0.3, 0.4) is 0 Å². The first-order chi connectivity index (χ1) is 8.84. The predicted molar refractivity (Wildman–Crippen MR) is 74.7 cm³/mol. The summed E-state index contributed by atoms with van der Waals surface area (Å²) in [5, 5.41) is 1.23. The van der Waals surface area contributed by atoms with Gasteiger partial charge in [-0.2, -0.15) is 0 Å². The number of rotatable bonds is 3. The largest absolute Gasteiger partial charge is 0.379 e. The molecule has 0 aliphatic carbocycles. The van der Waals surface area contributed by atoms with Crippen molar-refractivity contribution in [2.45, 2.75) is 6.54 Å². The van der Waals surface area contributed by atoms with E-state index in [1.54, 1.807) is 0 Å². The van der Waals surface area contributed by atoms with Gasteiger partial charge >= 0.3 is 0 Å². The van der Waals surface area contributed by atoms with Crippen molar-refractivity contribution >= 4 is 26.8 Å². The van der Waals surface area contributed by atoms with E-state index in [0.29, 0.717) is 0 Å². The summed E-state index contributed by atoms with van der Waals surface area (Å²) in [5.41, 5.74) is 1.19. The van der Waals surface area contributed by atoms with E-state index in [2.05, 4.69) is 36.6 Å². The highest BCUT2D eigenvalue weighted by atomic mass is 79.9. The van der Waals surface area contributed by atoms with E-state index >= 15 is 0 Å². The van der Waals surface area contributed by atoms with Crippen molar-refractivity contribution in [2.75, 3.05) is 32.8 Å². The van der Waals surface area contributed by atoms with E-state index in [0.717, 1.165) is 43.9 Å². The fourth-order valence-corrected chi connectivity index (χ4v) is 2.93. The summed E-state index contributed by atoms with van der Waals surface area (Å²) in [7, 11) is 0. The molecule has 3 rings (SSSR count). The molecule has 1 aliphatic rings. The van der Waals surface area contributed by atoms with Crippen LogP contribution in [0.4, 0.5) is 0 Å². The van der Waals surface area contributed by atoms with E-state index in [4.69, 9.17) is 4.74 Å². The zero-order valence-corrected chi connectivity index (χ0v) is 11.8. The summed E-state index contributed by atoms with van der Waals surface area (Å²) >= 11 is 3.60. The number of halogens is 1. The maximum atomic E-state index is 5.36. The summed E-state index contributed by atoms with van der Waals surface area (Å²) in [5.74, 6) is 0. The Bertz CT molecular complexity index is 534. The van der Waals surface area contributed by atoms with Crippen molar-refractivity contribution in [3.05, 3.63) is 29.1 Å². The van der Waals surface area contributed by atoms with Crippen LogP contribution in [0.5, 0.6) is 0 Å². The summed E-state index contributed by atoms with van der Waals surface area (Å²) in [4.78, 5) is 6.65. The molecule has 0 radical (unpaired) electrons. The van der Waals surface area contributed by atoms with Crippen molar-refractivity contribution in [2.24, 2.45) is 0 Å². The zero-order valence-electron chi connectivity index (χ0n) is 10.2. The molecule has 3 heterocycles. The number of pyridine rings is 1. The number of hydrogen-bond donors (Lipinski definition) is 0. The van der Waals surface area contributed by atoms with Gasteiger partial charge in [-0.05, 0) is 22.0 Å². The van der Waals surface area contributed by atoms with E-state index < -0.39 is 0 Å². The monoisotopic (exact) mass is 309 g/mol. The Balaban J connectivity index is 1.74.